The van der Waals surface area contributed by atoms with Crippen LogP contribution in [0.2, 0.25) is 0 Å². The van der Waals surface area contributed by atoms with Crippen molar-refractivity contribution in [2.45, 2.75) is 13.2 Å². The van der Waals surface area contributed by atoms with Crippen molar-refractivity contribution in [1.82, 2.24) is 0 Å². The van der Waals surface area contributed by atoms with E-state index in [0.717, 1.165) is 11.1 Å². The number of hydrogen-bond donors (Lipinski definition) is 0. The molecule has 0 aliphatic carbocycles. The Morgan fingerprint density at radius 2 is 1.31 bits per heavy atom. The molecule has 0 atom stereocenters. The van der Waals surface area contributed by atoms with Gasteiger partial charge in [-0.25, -0.2) is 0 Å². The molecule has 0 aliphatic heterocycles. The SMILES string of the molecule is C=CCOCc1ccccc1COCC=C. The minimum Gasteiger partial charge on any atom is -0.373 e. The molecule has 0 saturated heterocycles. The first-order chi connectivity index (χ1) is 7.88. The largest absolute Gasteiger partial charge is 0.373 e. The minimum absolute atomic E-state index is 0.571. The topological polar surface area (TPSA) is 18.5 Å². The van der Waals surface area contributed by atoms with Crippen molar-refractivity contribution in [2.75, 3.05) is 13.2 Å². The lowest BCUT2D eigenvalue weighted by Crippen LogP contribution is -2.00. The van der Waals surface area contributed by atoms with Crippen LogP contribution in [-0.2, 0) is 22.7 Å². The zero-order valence-electron chi connectivity index (χ0n) is 9.52. The first kappa shape index (κ1) is 12.7. The summed E-state index contributed by atoms with van der Waals surface area (Å²) in [4.78, 5) is 0. The number of benzene rings is 1. The molecule has 1 rings (SSSR count). The highest BCUT2D eigenvalue weighted by atomic mass is 16.5. The highest BCUT2D eigenvalue weighted by Crippen LogP contribution is 2.11. The van der Waals surface area contributed by atoms with Gasteiger partial charge in [0.25, 0.3) is 0 Å². The maximum Gasteiger partial charge on any atom is 0.0724 e. The molecule has 1 aromatic carbocycles. The van der Waals surface area contributed by atoms with Crippen molar-refractivity contribution in [2.24, 2.45) is 0 Å². The van der Waals surface area contributed by atoms with Gasteiger partial charge in [-0.15, -0.1) is 13.2 Å². The summed E-state index contributed by atoms with van der Waals surface area (Å²) in [5, 5.41) is 0. The van der Waals surface area contributed by atoms with Crippen molar-refractivity contribution >= 4 is 0 Å². The van der Waals surface area contributed by atoms with Crippen molar-refractivity contribution in [3.63, 3.8) is 0 Å². The molecule has 2 heteroatoms. The van der Waals surface area contributed by atoms with Gasteiger partial charge in [-0.2, -0.15) is 0 Å². The second kappa shape index (κ2) is 7.85. The van der Waals surface area contributed by atoms with Gasteiger partial charge in [-0.3, -0.25) is 0 Å². The van der Waals surface area contributed by atoms with Gasteiger partial charge in [-0.05, 0) is 11.1 Å². The number of rotatable bonds is 8. The molecule has 0 heterocycles. The molecule has 0 fully saturated rings. The molecule has 0 aromatic heterocycles. The predicted molar refractivity (Wildman–Crippen MR) is 66.1 cm³/mol. The molecule has 0 amide bonds. The lowest BCUT2D eigenvalue weighted by molar-refractivity contribution is 0.134. The Balaban J connectivity index is 2.52. The van der Waals surface area contributed by atoms with E-state index in [2.05, 4.69) is 25.3 Å². The molecular weight excluding hydrogens is 200 g/mol. The normalized spacial score (nSPS) is 10.0. The van der Waals surface area contributed by atoms with Gasteiger partial charge in [0.05, 0.1) is 26.4 Å². The summed E-state index contributed by atoms with van der Waals surface area (Å²) in [6, 6.07) is 8.11. The van der Waals surface area contributed by atoms with Gasteiger partial charge in [0.2, 0.25) is 0 Å². The van der Waals surface area contributed by atoms with Gasteiger partial charge in [-0.1, -0.05) is 36.4 Å². The third-order valence-corrected chi connectivity index (χ3v) is 2.10. The number of ether oxygens (including phenoxy) is 2. The molecular formula is C14H18O2. The molecule has 0 radical (unpaired) electrons. The zero-order valence-corrected chi connectivity index (χ0v) is 9.52. The van der Waals surface area contributed by atoms with Crippen LogP contribution in [0.15, 0.2) is 49.6 Å². The van der Waals surface area contributed by atoms with E-state index >= 15 is 0 Å². The fraction of sp³-hybridized carbons (Fsp3) is 0.286. The third kappa shape index (κ3) is 4.43. The average Bonchev–Trinajstić information content (AvgIpc) is 2.32. The summed E-state index contributed by atoms with van der Waals surface area (Å²) in [6.07, 6.45) is 3.49. The first-order valence-corrected chi connectivity index (χ1v) is 5.32. The van der Waals surface area contributed by atoms with Crippen LogP contribution >= 0.6 is 0 Å². The van der Waals surface area contributed by atoms with E-state index in [-0.39, 0.29) is 0 Å². The zero-order chi connectivity index (χ0) is 11.6. The smallest absolute Gasteiger partial charge is 0.0724 e. The molecule has 0 unspecified atom stereocenters. The fourth-order valence-corrected chi connectivity index (χ4v) is 1.34. The highest BCUT2D eigenvalue weighted by Gasteiger charge is 2.01. The van der Waals surface area contributed by atoms with E-state index in [0.29, 0.717) is 26.4 Å². The Morgan fingerprint density at radius 3 is 1.69 bits per heavy atom. The highest BCUT2D eigenvalue weighted by molar-refractivity contribution is 5.25. The molecule has 1 aromatic rings. The van der Waals surface area contributed by atoms with Crippen LogP contribution in [0.25, 0.3) is 0 Å². The van der Waals surface area contributed by atoms with Crippen LogP contribution in [0.3, 0.4) is 0 Å². The van der Waals surface area contributed by atoms with E-state index in [9.17, 15) is 0 Å². The van der Waals surface area contributed by atoms with Crippen LogP contribution in [0.1, 0.15) is 11.1 Å². The van der Waals surface area contributed by atoms with Crippen LogP contribution in [-0.4, -0.2) is 13.2 Å². The number of hydrogen-bond acceptors (Lipinski definition) is 2. The first-order valence-electron chi connectivity index (χ1n) is 5.32. The summed E-state index contributed by atoms with van der Waals surface area (Å²) in [5.41, 5.74) is 2.32. The lowest BCUT2D eigenvalue weighted by Gasteiger charge is -2.09. The third-order valence-electron chi connectivity index (χ3n) is 2.10. The Labute approximate surface area is 97.2 Å². The lowest BCUT2D eigenvalue weighted by atomic mass is 10.1. The van der Waals surface area contributed by atoms with Gasteiger partial charge < -0.3 is 9.47 Å². The fourth-order valence-electron chi connectivity index (χ4n) is 1.34. The molecule has 86 valence electrons. The van der Waals surface area contributed by atoms with Crippen LogP contribution in [0.4, 0.5) is 0 Å². The molecule has 0 aliphatic rings. The monoisotopic (exact) mass is 218 g/mol. The summed E-state index contributed by atoms with van der Waals surface area (Å²) in [7, 11) is 0. The maximum absolute atomic E-state index is 5.42. The maximum atomic E-state index is 5.42. The molecule has 0 N–H and O–H groups in total. The van der Waals surface area contributed by atoms with Crippen molar-refractivity contribution in [3.8, 4) is 0 Å². The Hall–Kier alpha value is -1.38. The van der Waals surface area contributed by atoms with Crippen molar-refractivity contribution in [1.29, 1.82) is 0 Å². The van der Waals surface area contributed by atoms with E-state index in [1.807, 2.05) is 12.1 Å². The van der Waals surface area contributed by atoms with E-state index in [1.165, 1.54) is 0 Å². The van der Waals surface area contributed by atoms with Crippen molar-refractivity contribution in [3.05, 3.63) is 60.7 Å². The van der Waals surface area contributed by atoms with E-state index < -0.39 is 0 Å². The second-order valence-electron chi connectivity index (χ2n) is 3.38. The molecule has 0 spiro atoms. The summed E-state index contributed by atoms with van der Waals surface area (Å²) >= 11 is 0. The Bertz CT molecular complexity index is 298. The van der Waals surface area contributed by atoms with E-state index in [1.54, 1.807) is 12.2 Å². The summed E-state index contributed by atoms with van der Waals surface area (Å²) in [6.45, 7) is 9.56. The van der Waals surface area contributed by atoms with Crippen LogP contribution in [0.5, 0.6) is 0 Å². The minimum atomic E-state index is 0.571. The van der Waals surface area contributed by atoms with Gasteiger partial charge in [0.15, 0.2) is 0 Å². The van der Waals surface area contributed by atoms with E-state index in [4.69, 9.17) is 9.47 Å². The quantitative estimate of drug-likeness (QED) is 0.493. The molecule has 0 saturated carbocycles. The van der Waals surface area contributed by atoms with Crippen LogP contribution < -0.4 is 0 Å². The molecule has 16 heavy (non-hydrogen) atoms. The Kier molecular flexibility index (Phi) is 6.23. The predicted octanol–water partition coefficient (Wildman–Crippen LogP) is 3.09. The summed E-state index contributed by atoms with van der Waals surface area (Å²) in [5.74, 6) is 0. The molecule has 2 nitrogen and oxygen atoms in total. The van der Waals surface area contributed by atoms with Gasteiger partial charge in [0.1, 0.15) is 0 Å². The average molecular weight is 218 g/mol. The van der Waals surface area contributed by atoms with Gasteiger partial charge in [0, 0.05) is 0 Å². The second-order valence-corrected chi connectivity index (χ2v) is 3.38. The molecule has 0 bridgehead atoms. The van der Waals surface area contributed by atoms with Crippen LogP contribution in [0, 0.1) is 0 Å². The Morgan fingerprint density at radius 1 is 0.875 bits per heavy atom. The summed E-state index contributed by atoms with van der Waals surface area (Å²) < 4.78 is 10.8. The standard InChI is InChI=1S/C14H18O2/c1-3-9-15-11-13-7-5-6-8-14(13)12-16-10-4-2/h3-8H,1-2,9-12H2. The van der Waals surface area contributed by atoms with Gasteiger partial charge >= 0.3 is 0 Å². The van der Waals surface area contributed by atoms with Crippen molar-refractivity contribution < 1.29 is 9.47 Å².